The SMILES string of the molecule is C=CC(=O)OCCCCCCCC1CCC(c2ccc(OCCCOC(=O)C3CO3)cc2)CC1. The standard InChI is InChI=1S/C28H40O6/c1-2-27(29)32-18-7-5-3-4-6-9-22-10-12-23(13-11-22)24-14-16-25(17-15-24)31-19-8-20-33-28(30)26-21-34-26/h2,14-17,22-23,26H,1,3-13,18-21H2. The molecule has 1 aliphatic carbocycles. The van der Waals surface area contributed by atoms with Crippen LogP contribution in [0.25, 0.3) is 0 Å². The van der Waals surface area contributed by atoms with Crippen molar-refractivity contribution in [3.8, 4) is 5.75 Å². The van der Waals surface area contributed by atoms with Gasteiger partial charge in [-0.1, -0.05) is 50.8 Å². The molecule has 0 aromatic heterocycles. The molecule has 34 heavy (non-hydrogen) atoms. The van der Waals surface area contributed by atoms with Crippen molar-refractivity contribution in [3.63, 3.8) is 0 Å². The van der Waals surface area contributed by atoms with E-state index in [0.29, 0.717) is 38.8 Å². The number of carbonyl (C=O) groups excluding carboxylic acids is 2. The fourth-order valence-electron chi connectivity index (χ4n) is 4.62. The third kappa shape index (κ3) is 9.88. The lowest BCUT2D eigenvalue weighted by atomic mass is 9.77. The number of epoxide rings is 1. The van der Waals surface area contributed by atoms with Gasteiger partial charge in [0.05, 0.1) is 26.4 Å². The van der Waals surface area contributed by atoms with Crippen LogP contribution in [0.1, 0.15) is 82.1 Å². The van der Waals surface area contributed by atoms with Gasteiger partial charge in [0.25, 0.3) is 0 Å². The smallest absolute Gasteiger partial charge is 0.337 e. The highest BCUT2D eigenvalue weighted by atomic mass is 16.6. The van der Waals surface area contributed by atoms with Crippen molar-refractivity contribution in [2.45, 2.75) is 82.7 Å². The van der Waals surface area contributed by atoms with Gasteiger partial charge in [0, 0.05) is 12.5 Å². The van der Waals surface area contributed by atoms with E-state index in [1.807, 2.05) is 0 Å². The largest absolute Gasteiger partial charge is 0.493 e. The summed E-state index contributed by atoms with van der Waals surface area (Å²) in [5.41, 5.74) is 1.42. The molecule has 1 aromatic rings. The maximum Gasteiger partial charge on any atom is 0.337 e. The molecular weight excluding hydrogens is 432 g/mol. The predicted molar refractivity (Wildman–Crippen MR) is 131 cm³/mol. The van der Waals surface area contributed by atoms with Gasteiger partial charge in [-0.25, -0.2) is 9.59 Å². The molecule has 2 fully saturated rings. The van der Waals surface area contributed by atoms with Gasteiger partial charge in [0.15, 0.2) is 6.10 Å². The predicted octanol–water partition coefficient (Wildman–Crippen LogP) is 5.74. The quantitative estimate of drug-likeness (QED) is 0.132. The summed E-state index contributed by atoms with van der Waals surface area (Å²) in [7, 11) is 0. The minimum absolute atomic E-state index is 0.264. The Morgan fingerprint density at radius 3 is 2.26 bits per heavy atom. The van der Waals surface area contributed by atoms with Crippen LogP contribution >= 0.6 is 0 Å². The third-order valence-electron chi connectivity index (χ3n) is 6.76. The Labute approximate surface area is 204 Å². The van der Waals surface area contributed by atoms with E-state index in [1.165, 1.54) is 63.0 Å². The van der Waals surface area contributed by atoms with Crippen molar-refractivity contribution in [1.29, 1.82) is 0 Å². The fourth-order valence-corrected chi connectivity index (χ4v) is 4.62. The molecule has 1 atom stereocenters. The molecule has 1 unspecified atom stereocenters. The number of ether oxygens (including phenoxy) is 4. The second kappa shape index (κ2) is 14.8. The van der Waals surface area contributed by atoms with Crippen LogP contribution in [0.15, 0.2) is 36.9 Å². The first-order chi connectivity index (χ1) is 16.7. The summed E-state index contributed by atoms with van der Waals surface area (Å²) in [4.78, 5) is 22.4. The fraction of sp³-hybridized carbons (Fsp3) is 0.643. The average Bonchev–Trinajstić information content (AvgIpc) is 3.72. The Morgan fingerprint density at radius 1 is 0.882 bits per heavy atom. The van der Waals surface area contributed by atoms with Crippen molar-refractivity contribution < 1.29 is 28.5 Å². The molecule has 0 radical (unpaired) electrons. The van der Waals surface area contributed by atoms with Crippen LogP contribution in [0.5, 0.6) is 5.75 Å². The second-order valence-electron chi connectivity index (χ2n) is 9.41. The van der Waals surface area contributed by atoms with Crippen LogP contribution in [0.4, 0.5) is 0 Å². The lowest BCUT2D eigenvalue weighted by molar-refractivity contribution is -0.145. The van der Waals surface area contributed by atoms with Crippen LogP contribution in [-0.2, 0) is 23.8 Å². The number of carbonyl (C=O) groups is 2. The summed E-state index contributed by atoms with van der Waals surface area (Å²) in [6.45, 7) is 5.30. The van der Waals surface area contributed by atoms with Crippen molar-refractivity contribution in [2.24, 2.45) is 5.92 Å². The molecule has 6 nitrogen and oxygen atoms in total. The van der Waals surface area contributed by atoms with Crippen LogP contribution in [0, 0.1) is 5.92 Å². The van der Waals surface area contributed by atoms with Gasteiger partial charge in [-0.2, -0.15) is 0 Å². The minimum Gasteiger partial charge on any atom is -0.493 e. The Morgan fingerprint density at radius 2 is 1.56 bits per heavy atom. The van der Waals surface area contributed by atoms with E-state index in [9.17, 15) is 9.59 Å². The van der Waals surface area contributed by atoms with Crippen molar-refractivity contribution in [2.75, 3.05) is 26.4 Å². The molecule has 0 bridgehead atoms. The monoisotopic (exact) mass is 472 g/mol. The lowest BCUT2D eigenvalue weighted by Gasteiger charge is -2.29. The number of unbranched alkanes of at least 4 members (excludes halogenated alkanes) is 4. The molecule has 188 valence electrons. The van der Waals surface area contributed by atoms with Gasteiger partial charge in [-0.3, -0.25) is 0 Å². The van der Waals surface area contributed by atoms with Crippen molar-refractivity contribution in [3.05, 3.63) is 42.5 Å². The highest BCUT2D eigenvalue weighted by molar-refractivity contribution is 5.81. The molecule has 0 amide bonds. The van der Waals surface area contributed by atoms with Crippen LogP contribution in [0.3, 0.4) is 0 Å². The zero-order chi connectivity index (χ0) is 24.0. The lowest BCUT2D eigenvalue weighted by Crippen LogP contribution is -2.14. The number of hydrogen-bond donors (Lipinski definition) is 0. The summed E-state index contributed by atoms with van der Waals surface area (Å²) >= 11 is 0. The molecule has 1 heterocycles. The van der Waals surface area contributed by atoms with E-state index < -0.39 is 0 Å². The highest BCUT2D eigenvalue weighted by Crippen LogP contribution is 2.38. The van der Waals surface area contributed by atoms with Crippen LogP contribution in [-0.4, -0.2) is 44.5 Å². The molecule has 2 aliphatic rings. The van der Waals surface area contributed by atoms with Gasteiger partial charge in [-0.05, 0) is 61.6 Å². The molecule has 1 aromatic carbocycles. The first-order valence-electron chi connectivity index (χ1n) is 13.0. The van der Waals surface area contributed by atoms with E-state index in [2.05, 4.69) is 30.8 Å². The van der Waals surface area contributed by atoms with Gasteiger partial charge >= 0.3 is 11.9 Å². The molecule has 1 aliphatic heterocycles. The summed E-state index contributed by atoms with van der Waals surface area (Å²) in [6.07, 6.45) is 14.0. The van der Waals surface area contributed by atoms with E-state index in [0.717, 1.165) is 24.5 Å². The Balaban J connectivity index is 1.20. The molecule has 0 spiro atoms. The number of benzene rings is 1. The number of esters is 2. The van der Waals surface area contributed by atoms with E-state index in [-0.39, 0.29) is 18.0 Å². The summed E-state index contributed by atoms with van der Waals surface area (Å²) < 4.78 is 20.8. The summed E-state index contributed by atoms with van der Waals surface area (Å²) in [5.74, 6) is 1.81. The molecule has 1 saturated heterocycles. The zero-order valence-corrected chi connectivity index (χ0v) is 20.4. The normalized spacial score (nSPS) is 21.5. The molecule has 0 N–H and O–H groups in total. The first-order valence-corrected chi connectivity index (χ1v) is 13.0. The maximum atomic E-state index is 11.4. The van der Waals surface area contributed by atoms with Gasteiger partial charge < -0.3 is 18.9 Å². The first kappa shape index (κ1) is 26.3. The van der Waals surface area contributed by atoms with Gasteiger partial charge in [0.2, 0.25) is 0 Å². The van der Waals surface area contributed by atoms with E-state index >= 15 is 0 Å². The third-order valence-corrected chi connectivity index (χ3v) is 6.76. The highest BCUT2D eigenvalue weighted by Gasteiger charge is 2.32. The Kier molecular flexibility index (Phi) is 11.5. The second-order valence-corrected chi connectivity index (χ2v) is 9.41. The van der Waals surface area contributed by atoms with Crippen molar-refractivity contribution in [1.82, 2.24) is 0 Å². The molecule has 1 saturated carbocycles. The van der Waals surface area contributed by atoms with Gasteiger partial charge in [0.1, 0.15) is 5.75 Å². The molecule has 6 heteroatoms. The Bertz CT molecular complexity index is 747. The molecular formula is C28H40O6. The summed E-state index contributed by atoms with van der Waals surface area (Å²) in [6, 6.07) is 8.53. The van der Waals surface area contributed by atoms with Crippen LogP contribution in [0.2, 0.25) is 0 Å². The van der Waals surface area contributed by atoms with E-state index in [1.54, 1.807) is 0 Å². The number of hydrogen-bond acceptors (Lipinski definition) is 6. The van der Waals surface area contributed by atoms with Crippen LogP contribution < -0.4 is 4.74 Å². The maximum absolute atomic E-state index is 11.4. The molecule has 3 rings (SSSR count). The minimum atomic E-state index is -0.332. The zero-order valence-electron chi connectivity index (χ0n) is 20.4. The van der Waals surface area contributed by atoms with Crippen molar-refractivity contribution >= 4 is 11.9 Å². The van der Waals surface area contributed by atoms with E-state index in [4.69, 9.17) is 18.9 Å². The topological polar surface area (TPSA) is 74.4 Å². The Hall–Kier alpha value is -2.34. The average molecular weight is 473 g/mol. The van der Waals surface area contributed by atoms with Gasteiger partial charge in [-0.15, -0.1) is 0 Å². The summed E-state index contributed by atoms with van der Waals surface area (Å²) in [5, 5.41) is 0. The number of rotatable bonds is 16.